The van der Waals surface area contributed by atoms with Crippen LogP contribution in [0.5, 0.6) is 0 Å². The van der Waals surface area contributed by atoms with Gasteiger partial charge in [-0.15, -0.1) is 0 Å². The van der Waals surface area contributed by atoms with Crippen LogP contribution < -0.4 is 5.73 Å². The van der Waals surface area contributed by atoms with Gasteiger partial charge in [0.15, 0.2) is 0 Å². The first-order valence-corrected chi connectivity index (χ1v) is 5.73. The van der Waals surface area contributed by atoms with Gasteiger partial charge >= 0.3 is 0 Å². The Kier molecular flexibility index (Phi) is 2.61. The van der Waals surface area contributed by atoms with Crippen molar-refractivity contribution in [2.45, 2.75) is 44.6 Å². The summed E-state index contributed by atoms with van der Waals surface area (Å²) in [7, 11) is 0. The van der Waals surface area contributed by atoms with Crippen molar-refractivity contribution in [1.29, 1.82) is 0 Å². The molecule has 1 heterocycles. The Morgan fingerprint density at radius 2 is 2.08 bits per heavy atom. The monoisotopic (exact) mass is 182 g/mol. The smallest absolute Gasteiger partial charge is 0.0412 e. The average Bonchev–Trinajstić information content (AvgIpc) is 1.93. The maximum atomic E-state index is 6.20. The molecule has 2 nitrogen and oxygen atoms in total. The van der Waals surface area contributed by atoms with Crippen molar-refractivity contribution in [3.63, 3.8) is 0 Å². The van der Waals surface area contributed by atoms with Crippen molar-refractivity contribution in [1.82, 2.24) is 4.90 Å². The maximum Gasteiger partial charge on any atom is 0.0412 e. The lowest BCUT2D eigenvalue weighted by molar-refractivity contribution is 0.0359. The van der Waals surface area contributed by atoms with Gasteiger partial charge in [0.25, 0.3) is 0 Å². The van der Waals surface area contributed by atoms with Crippen LogP contribution in [0.25, 0.3) is 0 Å². The molecule has 0 aromatic heterocycles. The number of hydrogen-bond donors (Lipinski definition) is 1. The van der Waals surface area contributed by atoms with Crippen molar-refractivity contribution in [2.24, 2.45) is 11.7 Å². The first-order chi connectivity index (χ1) is 6.22. The van der Waals surface area contributed by atoms with Crippen LogP contribution in [0.15, 0.2) is 0 Å². The van der Waals surface area contributed by atoms with Gasteiger partial charge < -0.3 is 5.73 Å². The summed E-state index contributed by atoms with van der Waals surface area (Å²) >= 11 is 0. The van der Waals surface area contributed by atoms with Gasteiger partial charge in [0.2, 0.25) is 0 Å². The topological polar surface area (TPSA) is 29.3 Å². The van der Waals surface area contributed by atoms with Gasteiger partial charge in [-0.2, -0.15) is 0 Å². The zero-order chi connectivity index (χ0) is 9.31. The summed E-state index contributed by atoms with van der Waals surface area (Å²) in [5.41, 5.74) is 6.38. The molecule has 2 heteroatoms. The van der Waals surface area contributed by atoms with Gasteiger partial charge in [-0.05, 0) is 25.2 Å². The molecule has 2 aliphatic rings. The van der Waals surface area contributed by atoms with E-state index in [1.165, 1.54) is 38.6 Å². The minimum absolute atomic E-state index is 0.179. The molecule has 1 saturated carbocycles. The van der Waals surface area contributed by atoms with Crippen LogP contribution >= 0.6 is 0 Å². The lowest BCUT2D eigenvalue weighted by Gasteiger charge is -2.50. The zero-order valence-electron chi connectivity index (χ0n) is 8.76. The average molecular weight is 182 g/mol. The molecule has 0 aromatic carbocycles. The van der Waals surface area contributed by atoms with Crippen molar-refractivity contribution in [3.8, 4) is 0 Å². The van der Waals surface area contributed by atoms with Crippen molar-refractivity contribution in [3.05, 3.63) is 0 Å². The Balaban J connectivity index is 1.65. The standard InChI is InChI=1S/C11H22N2/c1-2-6-11(12)8-13(9-11)7-10-4-3-5-10/h10H,2-9,12H2,1H3. The quantitative estimate of drug-likeness (QED) is 0.715. The summed E-state index contributed by atoms with van der Waals surface area (Å²) in [5.74, 6) is 1.01. The minimum Gasteiger partial charge on any atom is -0.323 e. The van der Waals surface area contributed by atoms with Gasteiger partial charge in [0.05, 0.1) is 0 Å². The molecule has 0 bridgehead atoms. The van der Waals surface area contributed by atoms with Gasteiger partial charge in [0, 0.05) is 25.2 Å². The van der Waals surface area contributed by atoms with Crippen LogP contribution in [0.2, 0.25) is 0 Å². The molecule has 0 radical (unpaired) electrons. The normalized spacial score (nSPS) is 28.2. The maximum absolute atomic E-state index is 6.20. The molecule has 1 aliphatic carbocycles. The van der Waals surface area contributed by atoms with Crippen molar-refractivity contribution < 1.29 is 0 Å². The molecule has 0 aromatic rings. The van der Waals surface area contributed by atoms with E-state index in [0.717, 1.165) is 19.0 Å². The Morgan fingerprint density at radius 3 is 2.54 bits per heavy atom. The van der Waals surface area contributed by atoms with E-state index in [1.54, 1.807) is 0 Å². The molecule has 2 N–H and O–H groups in total. The van der Waals surface area contributed by atoms with E-state index in [-0.39, 0.29) is 5.54 Å². The molecule has 2 rings (SSSR count). The third-order valence-electron chi connectivity index (χ3n) is 3.57. The second kappa shape index (κ2) is 3.58. The van der Waals surface area contributed by atoms with Crippen LogP contribution in [0, 0.1) is 5.92 Å². The summed E-state index contributed by atoms with van der Waals surface area (Å²) < 4.78 is 0. The molecule has 0 unspecified atom stereocenters. The van der Waals surface area contributed by atoms with E-state index in [9.17, 15) is 0 Å². The SMILES string of the molecule is CCCC1(N)CN(CC2CCC2)C1. The third-order valence-corrected chi connectivity index (χ3v) is 3.57. The van der Waals surface area contributed by atoms with E-state index >= 15 is 0 Å². The summed E-state index contributed by atoms with van der Waals surface area (Å²) in [6.45, 7) is 5.85. The lowest BCUT2D eigenvalue weighted by atomic mass is 9.81. The van der Waals surface area contributed by atoms with E-state index in [4.69, 9.17) is 5.73 Å². The van der Waals surface area contributed by atoms with Crippen LogP contribution in [0.4, 0.5) is 0 Å². The number of nitrogens with two attached hydrogens (primary N) is 1. The second-order valence-corrected chi connectivity index (χ2v) is 5.08. The summed E-state index contributed by atoms with van der Waals surface area (Å²) in [6.07, 6.45) is 6.81. The minimum atomic E-state index is 0.179. The Hall–Kier alpha value is -0.0800. The highest BCUT2D eigenvalue weighted by Crippen LogP contribution is 2.31. The molecule has 13 heavy (non-hydrogen) atoms. The predicted octanol–water partition coefficient (Wildman–Crippen LogP) is 1.60. The Bertz CT molecular complexity index is 169. The molecule has 2 fully saturated rings. The number of likely N-dealkylation sites (tertiary alicyclic amines) is 1. The van der Waals surface area contributed by atoms with Crippen LogP contribution in [0.3, 0.4) is 0 Å². The summed E-state index contributed by atoms with van der Waals surface area (Å²) in [4.78, 5) is 2.54. The molecule has 0 atom stereocenters. The third kappa shape index (κ3) is 2.05. The van der Waals surface area contributed by atoms with Gasteiger partial charge in [0.1, 0.15) is 0 Å². The Morgan fingerprint density at radius 1 is 1.38 bits per heavy atom. The fraction of sp³-hybridized carbons (Fsp3) is 1.00. The van der Waals surface area contributed by atoms with E-state index < -0.39 is 0 Å². The van der Waals surface area contributed by atoms with Gasteiger partial charge in [-0.3, -0.25) is 4.90 Å². The highest BCUT2D eigenvalue weighted by molar-refractivity contribution is 5.00. The van der Waals surface area contributed by atoms with Crippen LogP contribution in [-0.2, 0) is 0 Å². The molecular weight excluding hydrogens is 160 g/mol. The first kappa shape index (κ1) is 9.47. The van der Waals surface area contributed by atoms with E-state index in [1.807, 2.05) is 0 Å². The fourth-order valence-electron chi connectivity index (χ4n) is 2.67. The van der Waals surface area contributed by atoms with Gasteiger partial charge in [-0.1, -0.05) is 19.8 Å². The highest BCUT2D eigenvalue weighted by Gasteiger charge is 2.39. The van der Waals surface area contributed by atoms with E-state index in [2.05, 4.69) is 11.8 Å². The molecule has 76 valence electrons. The lowest BCUT2D eigenvalue weighted by Crippen LogP contribution is -2.67. The van der Waals surface area contributed by atoms with Crippen LogP contribution in [-0.4, -0.2) is 30.1 Å². The molecule has 1 aliphatic heterocycles. The largest absolute Gasteiger partial charge is 0.323 e. The summed E-state index contributed by atoms with van der Waals surface area (Å²) in [6, 6.07) is 0. The Labute approximate surface area is 81.5 Å². The zero-order valence-corrected chi connectivity index (χ0v) is 8.76. The highest BCUT2D eigenvalue weighted by atomic mass is 15.2. The molecular formula is C11H22N2. The number of rotatable bonds is 4. The fourth-order valence-corrected chi connectivity index (χ4v) is 2.67. The van der Waals surface area contributed by atoms with Crippen molar-refractivity contribution in [2.75, 3.05) is 19.6 Å². The molecule has 0 spiro atoms. The second-order valence-electron chi connectivity index (χ2n) is 5.08. The number of nitrogens with zero attached hydrogens (tertiary/aromatic N) is 1. The van der Waals surface area contributed by atoms with E-state index in [0.29, 0.717) is 0 Å². The molecule has 0 amide bonds. The summed E-state index contributed by atoms with van der Waals surface area (Å²) in [5, 5.41) is 0. The van der Waals surface area contributed by atoms with Gasteiger partial charge in [-0.25, -0.2) is 0 Å². The van der Waals surface area contributed by atoms with Crippen molar-refractivity contribution >= 4 is 0 Å². The predicted molar refractivity (Wildman–Crippen MR) is 55.6 cm³/mol. The molecule has 1 saturated heterocycles. The van der Waals surface area contributed by atoms with Crippen LogP contribution in [0.1, 0.15) is 39.0 Å². The number of hydrogen-bond acceptors (Lipinski definition) is 2. The first-order valence-electron chi connectivity index (χ1n) is 5.73.